The lowest BCUT2D eigenvalue weighted by Gasteiger charge is -2.10. The molecule has 110 valence electrons. The molecule has 1 saturated carbocycles. The van der Waals surface area contributed by atoms with E-state index in [1.165, 1.54) is 0 Å². The molecule has 1 heterocycles. The first-order chi connectivity index (χ1) is 10.1. The third kappa shape index (κ3) is 3.52. The molecule has 1 N–H and O–H groups in total. The van der Waals surface area contributed by atoms with E-state index in [0.29, 0.717) is 28.9 Å². The minimum Gasteiger partial charge on any atom is -0.435 e. The second-order valence-corrected chi connectivity index (χ2v) is 5.69. The molecule has 1 aromatic carbocycles. The summed E-state index contributed by atoms with van der Waals surface area (Å²) in [6.45, 7) is 2.41. The van der Waals surface area contributed by atoms with Gasteiger partial charge in [-0.3, -0.25) is 0 Å². The van der Waals surface area contributed by atoms with Crippen LogP contribution >= 0.6 is 11.6 Å². The SMILES string of the molecule is Cc1ccc(Oc2nccc(CNC3CC3)c2F)c(Cl)c1. The number of aryl methyl sites for hydroxylation is 1. The molecule has 2 aromatic rings. The fourth-order valence-corrected chi connectivity index (χ4v) is 2.28. The second-order valence-electron chi connectivity index (χ2n) is 5.28. The van der Waals surface area contributed by atoms with Gasteiger partial charge in [0.15, 0.2) is 5.82 Å². The van der Waals surface area contributed by atoms with Crippen LogP contribution in [0.5, 0.6) is 11.6 Å². The molecular weight excluding hydrogens is 291 g/mol. The number of pyridine rings is 1. The van der Waals surface area contributed by atoms with E-state index in [2.05, 4.69) is 10.3 Å². The van der Waals surface area contributed by atoms with E-state index >= 15 is 0 Å². The van der Waals surface area contributed by atoms with Gasteiger partial charge in [0, 0.05) is 24.3 Å². The highest BCUT2D eigenvalue weighted by molar-refractivity contribution is 6.32. The molecule has 21 heavy (non-hydrogen) atoms. The van der Waals surface area contributed by atoms with Crippen LogP contribution in [0.3, 0.4) is 0 Å². The van der Waals surface area contributed by atoms with Gasteiger partial charge in [-0.1, -0.05) is 17.7 Å². The Morgan fingerprint density at radius 3 is 2.90 bits per heavy atom. The Bertz CT molecular complexity index is 659. The minimum atomic E-state index is -0.442. The Morgan fingerprint density at radius 2 is 2.19 bits per heavy atom. The first kappa shape index (κ1) is 14.3. The van der Waals surface area contributed by atoms with Crippen LogP contribution in [0, 0.1) is 12.7 Å². The number of hydrogen-bond donors (Lipinski definition) is 1. The summed E-state index contributed by atoms with van der Waals surface area (Å²) in [6, 6.07) is 7.53. The summed E-state index contributed by atoms with van der Waals surface area (Å²) in [5.74, 6) is -0.0842. The summed E-state index contributed by atoms with van der Waals surface area (Å²) in [5.41, 5.74) is 1.57. The normalized spacial score (nSPS) is 14.2. The molecule has 5 heteroatoms. The van der Waals surface area contributed by atoms with E-state index in [4.69, 9.17) is 16.3 Å². The van der Waals surface area contributed by atoms with Gasteiger partial charge in [0.05, 0.1) is 5.02 Å². The van der Waals surface area contributed by atoms with Crippen LogP contribution in [0.15, 0.2) is 30.5 Å². The zero-order valence-corrected chi connectivity index (χ0v) is 12.5. The summed E-state index contributed by atoms with van der Waals surface area (Å²) in [4.78, 5) is 3.96. The van der Waals surface area contributed by atoms with Crippen molar-refractivity contribution >= 4 is 11.6 Å². The van der Waals surface area contributed by atoms with Crippen molar-refractivity contribution in [3.8, 4) is 11.6 Å². The number of benzene rings is 1. The first-order valence-corrected chi connectivity index (χ1v) is 7.32. The number of ether oxygens (including phenoxy) is 1. The number of hydrogen-bond acceptors (Lipinski definition) is 3. The van der Waals surface area contributed by atoms with Gasteiger partial charge in [-0.25, -0.2) is 9.37 Å². The Hall–Kier alpha value is -1.65. The molecule has 0 atom stereocenters. The first-order valence-electron chi connectivity index (χ1n) is 6.94. The lowest BCUT2D eigenvalue weighted by atomic mass is 10.2. The van der Waals surface area contributed by atoms with Crippen LogP contribution < -0.4 is 10.1 Å². The Kier molecular flexibility index (Phi) is 4.08. The monoisotopic (exact) mass is 306 g/mol. The molecule has 3 rings (SSSR count). The van der Waals surface area contributed by atoms with Crippen molar-refractivity contribution in [1.29, 1.82) is 0 Å². The van der Waals surface area contributed by atoms with Gasteiger partial charge in [0.25, 0.3) is 5.88 Å². The van der Waals surface area contributed by atoms with Crippen molar-refractivity contribution in [3.05, 3.63) is 52.4 Å². The summed E-state index contributed by atoms with van der Waals surface area (Å²) < 4.78 is 19.9. The third-order valence-electron chi connectivity index (χ3n) is 3.39. The average molecular weight is 307 g/mol. The lowest BCUT2D eigenvalue weighted by Crippen LogP contribution is -2.16. The van der Waals surface area contributed by atoms with Gasteiger partial charge in [0.1, 0.15) is 5.75 Å². The van der Waals surface area contributed by atoms with Gasteiger partial charge >= 0.3 is 0 Å². The molecule has 3 nitrogen and oxygen atoms in total. The van der Waals surface area contributed by atoms with Gasteiger partial charge in [0.2, 0.25) is 0 Å². The van der Waals surface area contributed by atoms with Crippen LogP contribution in [0.4, 0.5) is 4.39 Å². The second kappa shape index (κ2) is 6.00. The van der Waals surface area contributed by atoms with E-state index in [0.717, 1.165) is 18.4 Å². The smallest absolute Gasteiger partial charge is 0.256 e. The van der Waals surface area contributed by atoms with Crippen molar-refractivity contribution in [3.63, 3.8) is 0 Å². The van der Waals surface area contributed by atoms with E-state index in [1.54, 1.807) is 24.4 Å². The maximum absolute atomic E-state index is 14.4. The van der Waals surface area contributed by atoms with Crippen molar-refractivity contribution in [2.45, 2.75) is 32.4 Å². The van der Waals surface area contributed by atoms with Crippen molar-refractivity contribution in [2.75, 3.05) is 0 Å². The van der Waals surface area contributed by atoms with Crippen LogP contribution in [0.25, 0.3) is 0 Å². The van der Waals surface area contributed by atoms with Crippen molar-refractivity contribution in [1.82, 2.24) is 10.3 Å². The summed E-state index contributed by atoms with van der Waals surface area (Å²) in [7, 11) is 0. The van der Waals surface area contributed by atoms with Crippen LogP contribution in [0.2, 0.25) is 5.02 Å². The molecule has 1 aromatic heterocycles. The van der Waals surface area contributed by atoms with Crippen LogP contribution in [0.1, 0.15) is 24.0 Å². The molecule has 0 amide bonds. The molecule has 1 aliphatic carbocycles. The molecule has 1 fully saturated rings. The van der Waals surface area contributed by atoms with Crippen LogP contribution in [-0.2, 0) is 6.54 Å². The fourth-order valence-electron chi connectivity index (χ4n) is 2.00. The molecular formula is C16H16ClFN2O. The van der Waals surface area contributed by atoms with Crippen molar-refractivity contribution < 1.29 is 9.13 Å². The largest absolute Gasteiger partial charge is 0.435 e. The van der Waals surface area contributed by atoms with Crippen LogP contribution in [-0.4, -0.2) is 11.0 Å². The quantitative estimate of drug-likeness (QED) is 0.897. The molecule has 0 aliphatic heterocycles. The highest BCUT2D eigenvalue weighted by Crippen LogP contribution is 2.31. The van der Waals surface area contributed by atoms with Gasteiger partial charge < -0.3 is 10.1 Å². The number of halogens is 2. The predicted octanol–water partition coefficient (Wildman–Crippen LogP) is 4.23. The highest BCUT2D eigenvalue weighted by Gasteiger charge is 2.21. The molecule has 0 bridgehead atoms. The van der Waals surface area contributed by atoms with Crippen molar-refractivity contribution in [2.24, 2.45) is 0 Å². The maximum Gasteiger partial charge on any atom is 0.256 e. The number of aromatic nitrogens is 1. The Labute approximate surface area is 128 Å². The molecule has 0 radical (unpaired) electrons. The van der Waals surface area contributed by atoms with E-state index < -0.39 is 5.82 Å². The summed E-state index contributed by atoms with van der Waals surface area (Å²) in [5, 5.41) is 3.72. The van der Waals surface area contributed by atoms with E-state index in [1.807, 2.05) is 13.0 Å². The summed E-state index contributed by atoms with van der Waals surface area (Å²) in [6.07, 6.45) is 3.87. The zero-order valence-electron chi connectivity index (χ0n) is 11.7. The van der Waals surface area contributed by atoms with Gasteiger partial charge in [-0.2, -0.15) is 0 Å². The van der Waals surface area contributed by atoms with E-state index in [-0.39, 0.29) is 5.88 Å². The highest BCUT2D eigenvalue weighted by atomic mass is 35.5. The van der Waals surface area contributed by atoms with E-state index in [9.17, 15) is 4.39 Å². The number of nitrogens with one attached hydrogen (secondary N) is 1. The molecule has 0 saturated heterocycles. The standard InChI is InChI=1S/C16H16ClFN2O/c1-10-2-5-14(13(17)8-10)21-16-15(18)11(6-7-19-16)9-20-12-3-4-12/h2,5-8,12,20H,3-4,9H2,1H3. The van der Waals surface area contributed by atoms with Gasteiger partial charge in [-0.15, -0.1) is 0 Å². The maximum atomic E-state index is 14.4. The Balaban J connectivity index is 1.79. The summed E-state index contributed by atoms with van der Waals surface area (Å²) >= 11 is 6.09. The third-order valence-corrected chi connectivity index (χ3v) is 3.69. The zero-order chi connectivity index (χ0) is 14.8. The number of nitrogens with zero attached hydrogens (tertiary/aromatic N) is 1. The Morgan fingerprint density at radius 1 is 1.38 bits per heavy atom. The minimum absolute atomic E-state index is 0.0455. The predicted molar refractivity (Wildman–Crippen MR) is 80.3 cm³/mol. The number of rotatable bonds is 5. The molecule has 0 unspecified atom stereocenters. The molecule has 0 spiro atoms. The fraction of sp³-hybridized carbons (Fsp3) is 0.312. The lowest BCUT2D eigenvalue weighted by molar-refractivity contribution is 0.417. The average Bonchev–Trinajstić information content (AvgIpc) is 3.27. The van der Waals surface area contributed by atoms with Gasteiger partial charge in [-0.05, 0) is 43.5 Å². The topological polar surface area (TPSA) is 34.1 Å². The molecule has 1 aliphatic rings.